The van der Waals surface area contributed by atoms with Gasteiger partial charge < -0.3 is 16.2 Å². The lowest BCUT2D eigenvalue weighted by atomic mass is 10.1. The molecule has 1 aromatic carbocycles. The fourth-order valence-electron chi connectivity index (χ4n) is 1.92. The van der Waals surface area contributed by atoms with Crippen LogP contribution >= 0.6 is 0 Å². The van der Waals surface area contributed by atoms with Crippen molar-refractivity contribution in [1.82, 2.24) is 15.1 Å². The first-order valence-electron chi connectivity index (χ1n) is 6.79. The van der Waals surface area contributed by atoms with E-state index in [0.717, 1.165) is 0 Å². The second-order valence-corrected chi connectivity index (χ2v) is 5.91. The highest BCUT2D eigenvalue weighted by Gasteiger charge is 2.20. The first kappa shape index (κ1) is 16.0. The number of aryl methyl sites for hydroxylation is 1. The highest BCUT2D eigenvalue weighted by Crippen LogP contribution is 2.21. The first-order valence-corrected chi connectivity index (χ1v) is 6.79. The van der Waals surface area contributed by atoms with Gasteiger partial charge >= 0.3 is 0 Å². The number of nitrogens with zero attached hydrogens (tertiary/aromatic N) is 2. The van der Waals surface area contributed by atoms with Gasteiger partial charge in [-0.25, -0.2) is 9.07 Å². The summed E-state index contributed by atoms with van der Waals surface area (Å²) in [5.41, 5.74) is 6.34. The zero-order chi connectivity index (χ0) is 16.5. The molecule has 0 atom stereocenters. The molecule has 0 bridgehead atoms. The SMILES string of the molecule is Cc1cc(F)ccc1-n1cc(O)c(C(=O)NCC(C)(C)N)n1. The number of carbonyl (C=O) groups is 1. The average Bonchev–Trinajstić information content (AvgIpc) is 2.77. The van der Waals surface area contributed by atoms with Crippen LogP contribution in [0.15, 0.2) is 24.4 Å². The maximum Gasteiger partial charge on any atom is 0.275 e. The van der Waals surface area contributed by atoms with Crippen molar-refractivity contribution in [3.05, 3.63) is 41.5 Å². The number of hydrogen-bond donors (Lipinski definition) is 3. The smallest absolute Gasteiger partial charge is 0.275 e. The molecule has 0 radical (unpaired) electrons. The first-order chi connectivity index (χ1) is 10.2. The van der Waals surface area contributed by atoms with Crippen molar-refractivity contribution in [2.75, 3.05) is 6.54 Å². The highest BCUT2D eigenvalue weighted by molar-refractivity contribution is 5.94. The van der Waals surface area contributed by atoms with Gasteiger partial charge in [0.2, 0.25) is 0 Å². The molecule has 118 valence electrons. The molecule has 1 amide bonds. The van der Waals surface area contributed by atoms with Crippen LogP contribution in [0.2, 0.25) is 0 Å². The standard InChI is InChI=1S/C15H19FN4O2/c1-9-6-10(16)4-5-11(9)20-7-12(21)13(19-20)14(22)18-8-15(2,3)17/h4-7,21H,8,17H2,1-3H3,(H,18,22). The summed E-state index contributed by atoms with van der Waals surface area (Å²) in [6.07, 6.45) is 1.31. The van der Waals surface area contributed by atoms with Gasteiger partial charge in [-0.05, 0) is 44.5 Å². The zero-order valence-electron chi connectivity index (χ0n) is 12.7. The number of nitrogens with two attached hydrogens (primary N) is 1. The van der Waals surface area contributed by atoms with Crippen LogP contribution in [0.5, 0.6) is 5.75 Å². The van der Waals surface area contributed by atoms with Gasteiger partial charge in [-0.1, -0.05) is 0 Å². The van der Waals surface area contributed by atoms with E-state index in [-0.39, 0.29) is 23.8 Å². The summed E-state index contributed by atoms with van der Waals surface area (Å²) in [5, 5.41) is 16.6. The van der Waals surface area contributed by atoms with E-state index in [1.807, 2.05) is 0 Å². The second kappa shape index (κ2) is 5.76. The van der Waals surface area contributed by atoms with Crippen LogP contribution in [0.1, 0.15) is 29.9 Å². The van der Waals surface area contributed by atoms with Crippen molar-refractivity contribution in [3.63, 3.8) is 0 Å². The molecule has 0 unspecified atom stereocenters. The van der Waals surface area contributed by atoms with Crippen LogP contribution in [-0.2, 0) is 0 Å². The molecule has 0 aliphatic rings. The van der Waals surface area contributed by atoms with E-state index in [0.29, 0.717) is 11.3 Å². The van der Waals surface area contributed by atoms with Gasteiger partial charge in [-0.2, -0.15) is 5.10 Å². The molecule has 2 aromatic rings. The Morgan fingerprint density at radius 3 is 2.77 bits per heavy atom. The molecule has 0 fully saturated rings. The van der Waals surface area contributed by atoms with E-state index in [1.54, 1.807) is 20.8 Å². The summed E-state index contributed by atoms with van der Waals surface area (Å²) in [5.74, 6) is -1.13. The van der Waals surface area contributed by atoms with Crippen molar-refractivity contribution >= 4 is 5.91 Å². The van der Waals surface area contributed by atoms with Crippen molar-refractivity contribution in [2.24, 2.45) is 5.73 Å². The molecule has 0 spiro atoms. The third-order valence-corrected chi connectivity index (χ3v) is 3.02. The number of aromatic hydroxyl groups is 1. The lowest BCUT2D eigenvalue weighted by molar-refractivity contribution is 0.0938. The molecule has 0 saturated carbocycles. The quantitative estimate of drug-likeness (QED) is 0.798. The molecule has 1 aromatic heterocycles. The number of halogens is 1. The van der Waals surface area contributed by atoms with E-state index in [1.165, 1.54) is 29.1 Å². The summed E-state index contributed by atoms with van der Waals surface area (Å²) in [6.45, 7) is 5.50. The van der Waals surface area contributed by atoms with Crippen molar-refractivity contribution in [3.8, 4) is 11.4 Å². The highest BCUT2D eigenvalue weighted by atomic mass is 19.1. The molecular weight excluding hydrogens is 287 g/mol. The summed E-state index contributed by atoms with van der Waals surface area (Å²) >= 11 is 0. The third kappa shape index (κ3) is 3.62. The monoisotopic (exact) mass is 306 g/mol. The molecule has 0 saturated heterocycles. The number of hydrogen-bond acceptors (Lipinski definition) is 4. The normalized spacial score (nSPS) is 11.5. The molecule has 7 heteroatoms. The van der Waals surface area contributed by atoms with Crippen LogP contribution < -0.4 is 11.1 Å². The van der Waals surface area contributed by atoms with Crippen LogP contribution in [0.3, 0.4) is 0 Å². The predicted octanol–water partition coefficient (Wildman–Crippen LogP) is 1.49. The van der Waals surface area contributed by atoms with Gasteiger partial charge in [0.15, 0.2) is 11.4 Å². The molecule has 6 nitrogen and oxygen atoms in total. The Morgan fingerprint density at radius 1 is 1.50 bits per heavy atom. The minimum atomic E-state index is -0.568. The van der Waals surface area contributed by atoms with Crippen LogP contribution in [-0.4, -0.2) is 32.9 Å². The van der Waals surface area contributed by atoms with Gasteiger partial charge in [-0.15, -0.1) is 0 Å². The Hall–Kier alpha value is -2.41. The molecule has 2 rings (SSSR count). The summed E-state index contributed by atoms with van der Waals surface area (Å²) in [6, 6.07) is 4.17. The number of nitrogens with one attached hydrogen (secondary N) is 1. The van der Waals surface area contributed by atoms with Crippen molar-refractivity contribution in [2.45, 2.75) is 26.3 Å². The Labute approximate surface area is 127 Å². The van der Waals surface area contributed by atoms with Gasteiger partial charge in [0.05, 0.1) is 11.9 Å². The van der Waals surface area contributed by atoms with E-state index < -0.39 is 11.4 Å². The number of rotatable bonds is 4. The number of amides is 1. The van der Waals surface area contributed by atoms with Crippen LogP contribution in [0.4, 0.5) is 4.39 Å². The van der Waals surface area contributed by atoms with Crippen LogP contribution in [0.25, 0.3) is 5.69 Å². The van der Waals surface area contributed by atoms with E-state index in [9.17, 15) is 14.3 Å². The largest absolute Gasteiger partial charge is 0.504 e. The Balaban J connectivity index is 2.26. The second-order valence-electron chi connectivity index (χ2n) is 5.91. The summed E-state index contributed by atoms with van der Waals surface area (Å²) in [4.78, 5) is 12.0. The maximum absolute atomic E-state index is 13.1. The van der Waals surface area contributed by atoms with Crippen molar-refractivity contribution < 1.29 is 14.3 Å². The zero-order valence-corrected chi connectivity index (χ0v) is 12.7. The molecule has 1 heterocycles. The minimum absolute atomic E-state index is 0.104. The molecule has 0 aliphatic carbocycles. The van der Waals surface area contributed by atoms with Crippen molar-refractivity contribution in [1.29, 1.82) is 0 Å². The fourth-order valence-corrected chi connectivity index (χ4v) is 1.92. The molecular formula is C15H19FN4O2. The number of carbonyl (C=O) groups excluding carboxylic acids is 1. The maximum atomic E-state index is 13.1. The summed E-state index contributed by atoms with van der Waals surface area (Å²) < 4.78 is 14.5. The number of aromatic nitrogens is 2. The summed E-state index contributed by atoms with van der Waals surface area (Å²) in [7, 11) is 0. The Kier molecular flexibility index (Phi) is 4.18. The molecule has 4 N–H and O–H groups in total. The van der Waals surface area contributed by atoms with Gasteiger partial charge in [-0.3, -0.25) is 4.79 Å². The molecule has 22 heavy (non-hydrogen) atoms. The lowest BCUT2D eigenvalue weighted by Gasteiger charge is -2.18. The minimum Gasteiger partial charge on any atom is -0.504 e. The topological polar surface area (TPSA) is 93.2 Å². The predicted molar refractivity (Wildman–Crippen MR) is 80.5 cm³/mol. The Morgan fingerprint density at radius 2 is 2.18 bits per heavy atom. The fraction of sp³-hybridized carbons (Fsp3) is 0.333. The molecule has 0 aliphatic heterocycles. The Bertz CT molecular complexity index is 704. The van der Waals surface area contributed by atoms with Gasteiger partial charge in [0.25, 0.3) is 5.91 Å². The van der Waals surface area contributed by atoms with E-state index in [2.05, 4.69) is 10.4 Å². The average molecular weight is 306 g/mol. The van der Waals surface area contributed by atoms with E-state index in [4.69, 9.17) is 5.73 Å². The van der Waals surface area contributed by atoms with Gasteiger partial charge in [0.1, 0.15) is 5.82 Å². The third-order valence-electron chi connectivity index (χ3n) is 3.02. The lowest BCUT2D eigenvalue weighted by Crippen LogP contribution is -2.45. The number of benzene rings is 1. The van der Waals surface area contributed by atoms with E-state index >= 15 is 0 Å². The van der Waals surface area contributed by atoms with Gasteiger partial charge in [0, 0.05) is 12.1 Å². The van der Waals surface area contributed by atoms with Crippen LogP contribution in [0, 0.1) is 12.7 Å².